The maximum atomic E-state index is 12.8. The molecule has 3 heterocycles. The van der Waals surface area contributed by atoms with E-state index in [0.717, 1.165) is 24.1 Å². The summed E-state index contributed by atoms with van der Waals surface area (Å²) in [6, 6.07) is 15.6. The smallest absolute Gasteiger partial charge is 0.253 e. The second kappa shape index (κ2) is 6.99. The average molecular weight is 376 g/mol. The zero-order chi connectivity index (χ0) is 18.9. The Hall–Kier alpha value is -3.35. The molecule has 0 spiro atoms. The molecule has 0 N–H and O–H groups in total. The Morgan fingerprint density at radius 3 is 2.61 bits per heavy atom. The Balaban J connectivity index is 1.24. The highest BCUT2D eigenvalue weighted by atomic mass is 16.7. The summed E-state index contributed by atoms with van der Waals surface area (Å²) in [7, 11) is 0. The second-order valence-electron chi connectivity index (χ2n) is 7.04. The Bertz CT molecular complexity index is 994. The molecule has 1 aromatic heterocycles. The maximum Gasteiger partial charge on any atom is 0.253 e. The van der Waals surface area contributed by atoms with Crippen molar-refractivity contribution in [3.8, 4) is 22.8 Å². The second-order valence-corrected chi connectivity index (χ2v) is 7.04. The highest BCUT2D eigenvalue weighted by Crippen LogP contribution is 2.33. The number of fused-ring (bicyclic) bond motifs is 1. The van der Waals surface area contributed by atoms with Crippen molar-refractivity contribution in [2.24, 2.45) is 0 Å². The van der Waals surface area contributed by atoms with Crippen LogP contribution in [-0.2, 0) is 0 Å². The molecule has 0 bridgehead atoms. The van der Waals surface area contributed by atoms with Gasteiger partial charge in [-0.25, -0.2) is 4.68 Å². The monoisotopic (exact) mass is 376 g/mol. The molecule has 1 saturated heterocycles. The quantitative estimate of drug-likeness (QED) is 0.702. The van der Waals surface area contributed by atoms with Gasteiger partial charge in [-0.1, -0.05) is 35.5 Å². The van der Waals surface area contributed by atoms with Gasteiger partial charge in [0, 0.05) is 24.2 Å². The van der Waals surface area contributed by atoms with E-state index in [0.29, 0.717) is 30.2 Å². The van der Waals surface area contributed by atoms with Gasteiger partial charge in [0.2, 0.25) is 6.79 Å². The van der Waals surface area contributed by atoms with Gasteiger partial charge in [0.25, 0.3) is 5.91 Å². The number of hydrogen-bond donors (Lipinski definition) is 0. The van der Waals surface area contributed by atoms with Crippen molar-refractivity contribution in [2.75, 3.05) is 19.9 Å². The third kappa shape index (κ3) is 3.09. The molecule has 28 heavy (non-hydrogen) atoms. The lowest BCUT2D eigenvalue weighted by molar-refractivity contribution is 0.0689. The molecule has 7 heteroatoms. The third-order valence-electron chi connectivity index (χ3n) is 5.33. The Morgan fingerprint density at radius 2 is 1.79 bits per heavy atom. The number of nitrogens with zero attached hydrogens (tertiary/aromatic N) is 4. The minimum atomic E-state index is 0.0281. The number of aromatic nitrogens is 3. The van der Waals surface area contributed by atoms with Crippen molar-refractivity contribution >= 4 is 5.91 Å². The Kier molecular flexibility index (Phi) is 4.20. The van der Waals surface area contributed by atoms with Gasteiger partial charge in [0.1, 0.15) is 5.69 Å². The first-order valence-corrected chi connectivity index (χ1v) is 9.44. The van der Waals surface area contributed by atoms with Gasteiger partial charge in [0.05, 0.1) is 12.2 Å². The predicted octanol–water partition coefficient (Wildman–Crippen LogP) is 3.15. The molecule has 0 radical (unpaired) electrons. The van der Waals surface area contributed by atoms with E-state index >= 15 is 0 Å². The summed E-state index contributed by atoms with van der Waals surface area (Å²) in [5.74, 6) is 1.35. The average Bonchev–Trinajstić information content (AvgIpc) is 3.43. The molecule has 0 atom stereocenters. The maximum absolute atomic E-state index is 12.8. The van der Waals surface area contributed by atoms with Crippen LogP contribution in [0.4, 0.5) is 0 Å². The highest BCUT2D eigenvalue weighted by molar-refractivity contribution is 5.95. The van der Waals surface area contributed by atoms with Crippen molar-refractivity contribution in [2.45, 2.75) is 18.9 Å². The van der Waals surface area contributed by atoms with E-state index in [9.17, 15) is 4.79 Å². The predicted molar refractivity (Wildman–Crippen MR) is 102 cm³/mol. The number of carbonyl (C=O) groups is 1. The number of carbonyl (C=O) groups excluding carboxylic acids is 1. The minimum absolute atomic E-state index is 0.0281. The molecule has 2 aliphatic rings. The fourth-order valence-corrected chi connectivity index (χ4v) is 3.74. The summed E-state index contributed by atoms with van der Waals surface area (Å²) in [4.78, 5) is 14.7. The number of amides is 1. The zero-order valence-electron chi connectivity index (χ0n) is 15.3. The number of piperidine rings is 1. The molecule has 5 rings (SSSR count). The molecule has 1 fully saturated rings. The van der Waals surface area contributed by atoms with E-state index in [1.165, 1.54) is 0 Å². The molecule has 142 valence electrons. The van der Waals surface area contributed by atoms with E-state index in [1.54, 1.807) is 18.2 Å². The number of ether oxygens (including phenoxy) is 2. The summed E-state index contributed by atoms with van der Waals surface area (Å²) in [5.41, 5.74) is 2.57. The fraction of sp³-hybridized carbons (Fsp3) is 0.286. The van der Waals surface area contributed by atoms with Gasteiger partial charge >= 0.3 is 0 Å². The first-order valence-electron chi connectivity index (χ1n) is 9.44. The van der Waals surface area contributed by atoms with Crippen LogP contribution in [0.3, 0.4) is 0 Å². The van der Waals surface area contributed by atoms with Crippen LogP contribution in [0.2, 0.25) is 0 Å². The largest absolute Gasteiger partial charge is 0.454 e. The number of hydrogen-bond acceptors (Lipinski definition) is 5. The lowest BCUT2D eigenvalue weighted by Gasteiger charge is -2.31. The molecular weight excluding hydrogens is 356 g/mol. The van der Waals surface area contributed by atoms with Crippen LogP contribution in [0.25, 0.3) is 11.3 Å². The zero-order valence-corrected chi connectivity index (χ0v) is 15.3. The summed E-state index contributed by atoms with van der Waals surface area (Å²) in [6.45, 7) is 1.60. The summed E-state index contributed by atoms with van der Waals surface area (Å²) < 4.78 is 12.6. The third-order valence-corrected chi connectivity index (χ3v) is 5.33. The molecule has 2 aliphatic heterocycles. The molecule has 2 aromatic carbocycles. The number of rotatable bonds is 3. The van der Waals surface area contributed by atoms with Crippen molar-refractivity contribution in [3.05, 3.63) is 60.3 Å². The van der Waals surface area contributed by atoms with Crippen LogP contribution in [0.15, 0.2) is 54.7 Å². The van der Waals surface area contributed by atoms with E-state index in [4.69, 9.17) is 9.47 Å². The van der Waals surface area contributed by atoms with Crippen LogP contribution in [-0.4, -0.2) is 45.7 Å². The topological polar surface area (TPSA) is 69.5 Å². The lowest BCUT2D eigenvalue weighted by atomic mass is 10.0. The normalized spacial score (nSPS) is 16.4. The lowest BCUT2D eigenvalue weighted by Crippen LogP contribution is -2.39. The van der Waals surface area contributed by atoms with Gasteiger partial charge < -0.3 is 14.4 Å². The summed E-state index contributed by atoms with van der Waals surface area (Å²) in [6.07, 6.45) is 3.71. The molecule has 7 nitrogen and oxygen atoms in total. The van der Waals surface area contributed by atoms with E-state index in [1.807, 2.05) is 46.1 Å². The highest BCUT2D eigenvalue weighted by Gasteiger charge is 2.26. The van der Waals surface area contributed by atoms with E-state index in [2.05, 4.69) is 10.3 Å². The molecular formula is C21H20N4O3. The van der Waals surface area contributed by atoms with Gasteiger partial charge in [-0.3, -0.25) is 4.79 Å². The van der Waals surface area contributed by atoms with Crippen LogP contribution in [0.1, 0.15) is 29.2 Å². The van der Waals surface area contributed by atoms with E-state index < -0.39 is 0 Å². The van der Waals surface area contributed by atoms with Gasteiger partial charge in [-0.2, -0.15) is 0 Å². The Morgan fingerprint density at radius 1 is 1.00 bits per heavy atom. The van der Waals surface area contributed by atoms with Gasteiger partial charge in [-0.05, 0) is 31.0 Å². The first kappa shape index (κ1) is 16.8. The Labute approximate surface area is 162 Å². The van der Waals surface area contributed by atoms with Crippen LogP contribution in [0.5, 0.6) is 11.5 Å². The molecule has 3 aromatic rings. The first-order chi connectivity index (χ1) is 13.8. The molecule has 0 saturated carbocycles. The van der Waals surface area contributed by atoms with Gasteiger partial charge in [-0.15, -0.1) is 5.10 Å². The SMILES string of the molecule is O=C(c1ccc2c(c1)OCO2)N1CCC(n2cc(-c3ccccc3)nn2)CC1. The fourth-order valence-electron chi connectivity index (χ4n) is 3.74. The van der Waals surface area contributed by atoms with Crippen molar-refractivity contribution in [1.82, 2.24) is 19.9 Å². The summed E-state index contributed by atoms with van der Waals surface area (Å²) in [5, 5.41) is 8.62. The van der Waals surface area contributed by atoms with Crippen LogP contribution < -0.4 is 9.47 Å². The summed E-state index contributed by atoms with van der Waals surface area (Å²) >= 11 is 0. The number of benzene rings is 2. The van der Waals surface area contributed by atoms with Gasteiger partial charge in [0.15, 0.2) is 11.5 Å². The van der Waals surface area contributed by atoms with Crippen molar-refractivity contribution < 1.29 is 14.3 Å². The van der Waals surface area contributed by atoms with Crippen LogP contribution in [0, 0.1) is 0 Å². The molecule has 1 amide bonds. The molecule has 0 aliphatic carbocycles. The van der Waals surface area contributed by atoms with E-state index in [-0.39, 0.29) is 18.7 Å². The number of likely N-dealkylation sites (tertiary alicyclic amines) is 1. The minimum Gasteiger partial charge on any atom is -0.454 e. The standard InChI is InChI=1S/C21H20N4O3/c26-21(16-6-7-19-20(12-16)28-14-27-19)24-10-8-17(9-11-24)25-13-18(22-23-25)15-4-2-1-3-5-15/h1-7,12-13,17H,8-11,14H2. The van der Waals surface area contributed by atoms with Crippen molar-refractivity contribution in [3.63, 3.8) is 0 Å². The van der Waals surface area contributed by atoms with Crippen molar-refractivity contribution in [1.29, 1.82) is 0 Å². The van der Waals surface area contributed by atoms with Crippen LogP contribution >= 0.6 is 0 Å². The molecule has 0 unspecified atom stereocenters.